The van der Waals surface area contributed by atoms with Crippen molar-refractivity contribution in [1.82, 2.24) is 4.90 Å². The van der Waals surface area contributed by atoms with E-state index >= 15 is 0 Å². The number of nitrogens with zero attached hydrogens (tertiary/aromatic N) is 1. The Labute approximate surface area is 99.9 Å². The quantitative estimate of drug-likeness (QED) is 0.567. The van der Waals surface area contributed by atoms with Crippen molar-refractivity contribution in [2.24, 2.45) is 0 Å². The summed E-state index contributed by atoms with van der Waals surface area (Å²) >= 11 is 0. The molecule has 0 unspecified atom stereocenters. The third kappa shape index (κ3) is 4.21. The standard InChI is InChI=1S/C10H19NO6/c1-15-9(14)5-11-3-7(6-12)17-10(16-2)8(13)4-11/h7-8,10,12-13H,3-6H2,1-2H3/t7-,8+,10-/m0/s1. The smallest absolute Gasteiger partial charge is 0.319 e. The second-order valence-electron chi connectivity index (χ2n) is 3.88. The number of carbonyl (C=O) groups is 1. The summed E-state index contributed by atoms with van der Waals surface area (Å²) in [5.74, 6) is -0.398. The molecule has 0 spiro atoms. The van der Waals surface area contributed by atoms with Crippen LogP contribution in [0.3, 0.4) is 0 Å². The van der Waals surface area contributed by atoms with Gasteiger partial charge < -0.3 is 24.4 Å². The molecule has 0 amide bonds. The summed E-state index contributed by atoms with van der Waals surface area (Å²) in [6.07, 6.45) is -2.17. The Kier molecular flexibility index (Phi) is 5.79. The molecular weight excluding hydrogens is 230 g/mol. The zero-order valence-corrected chi connectivity index (χ0v) is 10.0. The molecule has 7 nitrogen and oxygen atoms in total. The highest BCUT2D eigenvalue weighted by atomic mass is 16.7. The molecule has 0 bridgehead atoms. The predicted octanol–water partition coefficient (Wildman–Crippen LogP) is -1.81. The van der Waals surface area contributed by atoms with E-state index in [1.165, 1.54) is 14.2 Å². The Hall–Kier alpha value is -0.730. The maximum absolute atomic E-state index is 11.2. The van der Waals surface area contributed by atoms with Crippen LogP contribution in [0.5, 0.6) is 0 Å². The van der Waals surface area contributed by atoms with Crippen LogP contribution in [0.2, 0.25) is 0 Å². The minimum Gasteiger partial charge on any atom is -0.468 e. The molecule has 2 N–H and O–H groups in total. The number of methoxy groups -OCH3 is 2. The Morgan fingerprint density at radius 1 is 1.47 bits per heavy atom. The van der Waals surface area contributed by atoms with Crippen molar-refractivity contribution in [2.45, 2.75) is 18.5 Å². The Morgan fingerprint density at radius 2 is 2.18 bits per heavy atom. The van der Waals surface area contributed by atoms with E-state index in [1.807, 2.05) is 0 Å². The maximum atomic E-state index is 11.2. The molecule has 17 heavy (non-hydrogen) atoms. The van der Waals surface area contributed by atoms with Crippen LogP contribution in [-0.4, -0.2) is 80.0 Å². The zero-order chi connectivity index (χ0) is 12.8. The van der Waals surface area contributed by atoms with Crippen LogP contribution >= 0.6 is 0 Å². The van der Waals surface area contributed by atoms with Gasteiger partial charge in [0.05, 0.1) is 26.4 Å². The number of hydrogen-bond donors (Lipinski definition) is 2. The van der Waals surface area contributed by atoms with Crippen LogP contribution in [0, 0.1) is 0 Å². The van der Waals surface area contributed by atoms with Gasteiger partial charge in [-0.2, -0.15) is 0 Å². The van der Waals surface area contributed by atoms with Gasteiger partial charge in [0, 0.05) is 20.2 Å². The monoisotopic (exact) mass is 249 g/mol. The summed E-state index contributed by atoms with van der Waals surface area (Å²) < 4.78 is 14.9. The highest BCUT2D eigenvalue weighted by Crippen LogP contribution is 2.13. The van der Waals surface area contributed by atoms with Crippen LogP contribution in [0.1, 0.15) is 0 Å². The van der Waals surface area contributed by atoms with Gasteiger partial charge in [-0.1, -0.05) is 0 Å². The van der Waals surface area contributed by atoms with Crippen molar-refractivity contribution in [2.75, 3.05) is 40.5 Å². The van der Waals surface area contributed by atoms with Crippen molar-refractivity contribution >= 4 is 5.97 Å². The fourth-order valence-electron chi connectivity index (χ4n) is 1.73. The predicted molar refractivity (Wildman–Crippen MR) is 57.2 cm³/mol. The molecule has 0 aromatic rings. The molecule has 1 rings (SSSR count). The summed E-state index contributed by atoms with van der Waals surface area (Å²) in [4.78, 5) is 12.8. The molecule has 0 aromatic heterocycles. The van der Waals surface area contributed by atoms with E-state index in [0.717, 1.165) is 0 Å². The molecule has 1 heterocycles. The van der Waals surface area contributed by atoms with Gasteiger partial charge in [0.25, 0.3) is 0 Å². The highest BCUT2D eigenvalue weighted by molar-refractivity contribution is 5.71. The molecule has 100 valence electrons. The van der Waals surface area contributed by atoms with Crippen molar-refractivity contribution < 1.29 is 29.2 Å². The van der Waals surface area contributed by atoms with Crippen molar-refractivity contribution in [3.8, 4) is 0 Å². The molecule has 1 saturated heterocycles. The van der Waals surface area contributed by atoms with Crippen molar-refractivity contribution in [3.63, 3.8) is 0 Å². The topological polar surface area (TPSA) is 88.5 Å². The summed E-state index contributed by atoms with van der Waals surface area (Å²) in [5, 5.41) is 18.9. The molecule has 0 radical (unpaired) electrons. The second-order valence-corrected chi connectivity index (χ2v) is 3.88. The Balaban J connectivity index is 2.63. The van der Waals surface area contributed by atoms with E-state index in [2.05, 4.69) is 4.74 Å². The number of β-amino-alcohol motifs (C(OH)–C–C–N with tert-alkyl or cyclic N) is 1. The summed E-state index contributed by atoms with van der Waals surface area (Å²) in [5.41, 5.74) is 0. The van der Waals surface area contributed by atoms with Crippen LogP contribution < -0.4 is 0 Å². The first-order valence-electron chi connectivity index (χ1n) is 5.37. The van der Waals surface area contributed by atoms with E-state index in [1.54, 1.807) is 4.90 Å². The average Bonchev–Trinajstić information content (AvgIpc) is 2.47. The molecule has 0 aliphatic carbocycles. The number of hydrogen-bond acceptors (Lipinski definition) is 7. The first-order valence-corrected chi connectivity index (χ1v) is 5.37. The van der Waals surface area contributed by atoms with E-state index < -0.39 is 24.5 Å². The van der Waals surface area contributed by atoms with E-state index in [9.17, 15) is 9.90 Å². The molecule has 0 saturated carbocycles. The van der Waals surface area contributed by atoms with Crippen molar-refractivity contribution in [1.29, 1.82) is 0 Å². The molecular formula is C10H19NO6. The first kappa shape index (κ1) is 14.3. The first-order chi connectivity index (χ1) is 8.10. The Bertz CT molecular complexity index is 247. The number of aliphatic hydroxyl groups excluding tert-OH is 2. The molecule has 3 atom stereocenters. The van der Waals surface area contributed by atoms with Gasteiger partial charge in [0.1, 0.15) is 6.10 Å². The molecule has 1 aliphatic heterocycles. The Morgan fingerprint density at radius 3 is 2.71 bits per heavy atom. The normalized spacial score (nSPS) is 30.9. The third-order valence-corrected chi connectivity index (χ3v) is 2.56. The molecule has 0 aromatic carbocycles. The number of esters is 1. The molecule has 1 aliphatic rings. The van der Waals surface area contributed by atoms with Crippen LogP contribution in [-0.2, 0) is 19.0 Å². The summed E-state index contributed by atoms with van der Waals surface area (Å²) in [6, 6.07) is 0. The lowest BCUT2D eigenvalue weighted by Gasteiger charge is -2.21. The lowest BCUT2D eigenvalue weighted by Crippen LogP contribution is -2.40. The number of ether oxygens (including phenoxy) is 3. The number of rotatable bonds is 4. The highest BCUT2D eigenvalue weighted by Gasteiger charge is 2.31. The SMILES string of the molecule is COC(=O)CN1C[C@@H](CO)O[C@H](OC)[C@H](O)C1. The minimum atomic E-state index is -0.874. The largest absolute Gasteiger partial charge is 0.468 e. The lowest BCUT2D eigenvalue weighted by atomic mass is 10.3. The van der Waals surface area contributed by atoms with Gasteiger partial charge >= 0.3 is 5.97 Å². The van der Waals surface area contributed by atoms with E-state index in [4.69, 9.17) is 14.6 Å². The van der Waals surface area contributed by atoms with Crippen LogP contribution in [0.15, 0.2) is 0 Å². The van der Waals surface area contributed by atoms with Gasteiger partial charge in [0.2, 0.25) is 0 Å². The zero-order valence-electron chi connectivity index (χ0n) is 10.0. The second kappa shape index (κ2) is 6.87. The number of aliphatic hydroxyl groups is 2. The minimum absolute atomic E-state index is 0.0455. The summed E-state index contributed by atoms with van der Waals surface area (Å²) in [6.45, 7) is 0.404. The van der Waals surface area contributed by atoms with Gasteiger partial charge in [-0.3, -0.25) is 9.69 Å². The van der Waals surface area contributed by atoms with Gasteiger partial charge in [0.15, 0.2) is 6.29 Å². The van der Waals surface area contributed by atoms with Gasteiger partial charge in [-0.15, -0.1) is 0 Å². The molecule has 1 fully saturated rings. The van der Waals surface area contributed by atoms with Gasteiger partial charge in [-0.25, -0.2) is 0 Å². The van der Waals surface area contributed by atoms with Crippen molar-refractivity contribution in [3.05, 3.63) is 0 Å². The van der Waals surface area contributed by atoms with E-state index in [0.29, 0.717) is 6.54 Å². The van der Waals surface area contributed by atoms with Gasteiger partial charge in [-0.05, 0) is 0 Å². The molecule has 7 heteroatoms. The lowest BCUT2D eigenvalue weighted by molar-refractivity contribution is -0.196. The van der Waals surface area contributed by atoms with E-state index in [-0.39, 0.29) is 19.7 Å². The summed E-state index contributed by atoms with van der Waals surface area (Å²) in [7, 11) is 2.72. The average molecular weight is 249 g/mol. The number of carbonyl (C=O) groups excluding carboxylic acids is 1. The maximum Gasteiger partial charge on any atom is 0.319 e. The van der Waals surface area contributed by atoms with Crippen LogP contribution in [0.4, 0.5) is 0 Å². The third-order valence-electron chi connectivity index (χ3n) is 2.56. The van der Waals surface area contributed by atoms with Crippen LogP contribution in [0.25, 0.3) is 0 Å². The fraction of sp³-hybridized carbons (Fsp3) is 0.900. The fourth-order valence-corrected chi connectivity index (χ4v) is 1.73.